The van der Waals surface area contributed by atoms with Crippen molar-refractivity contribution in [3.05, 3.63) is 29.3 Å². The Balaban J connectivity index is 2.54. The standard InChI is InChI=1S/C8H8ClNO2S/c9-6-3-1-2-4-7(6)13-5-8(11)10-12/h1-4,12H,5H2,(H,10,11). The summed E-state index contributed by atoms with van der Waals surface area (Å²) < 4.78 is 0. The van der Waals surface area contributed by atoms with E-state index in [4.69, 9.17) is 16.8 Å². The summed E-state index contributed by atoms with van der Waals surface area (Å²) in [6.07, 6.45) is 0. The van der Waals surface area contributed by atoms with E-state index in [1.165, 1.54) is 11.8 Å². The molecule has 0 aliphatic carbocycles. The molecule has 1 amide bonds. The molecule has 0 radical (unpaired) electrons. The third-order valence-corrected chi connectivity index (χ3v) is 2.84. The van der Waals surface area contributed by atoms with Gasteiger partial charge < -0.3 is 0 Å². The largest absolute Gasteiger partial charge is 0.289 e. The Hall–Kier alpha value is -0.710. The fraction of sp³-hybridized carbons (Fsp3) is 0.125. The molecule has 0 atom stereocenters. The molecule has 13 heavy (non-hydrogen) atoms. The second-order valence-electron chi connectivity index (χ2n) is 2.25. The first-order valence-corrected chi connectivity index (χ1v) is 4.90. The van der Waals surface area contributed by atoms with E-state index in [0.29, 0.717) is 5.02 Å². The minimum atomic E-state index is -0.440. The highest BCUT2D eigenvalue weighted by atomic mass is 35.5. The van der Waals surface area contributed by atoms with Gasteiger partial charge in [-0.25, -0.2) is 5.48 Å². The lowest BCUT2D eigenvalue weighted by atomic mass is 10.4. The lowest BCUT2D eigenvalue weighted by Gasteiger charge is -2.01. The number of hydrogen-bond donors (Lipinski definition) is 2. The highest BCUT2D eigenvalue weighted by Gasteiger charge is 2.03. The number of thioether (sulfide) groups is 1. The van der Waals surface area contributed by atoms with Gasteiger partial charge in [-0.05, 0) is 12.1 Å². The molecule has 1 aromatic rings. The van der Waals surface area contributed by atoms with Crippen LogP contribution in [0.15, 0.2) is 29.2 Å². The van der Waals surface area contributed by atoms with Crippen LogP contribution in [0.3, 0.4) is 0 Å². The molecule has 0 aliphatic heterocycles. The minimum Gasteiger partial charge on any atom is -0.289 e. The van der Waals surface area contributed by atoms with Gasteiger partial charge in [0.2, 0.25) is 0 Å². The first-order valence-electron chi connectivity index (χ1n) is 3.54. The van der Waals surface area contributed by atoms with E-state index < -0.39 is 5.91 Å². The molecule has 1 rings (SSSR count). The first-order chi connectivity index (χ1) is 6.24. The maximum atomic E-state index is 10.7. The number of amides is 1. The summed E-state index contributed by atoms with van der Waals surface area (Å²) in [6.45, 7) is 0. The lowest BCUT2D eigenvalue weighted by Crippen LogP contribution is -2.20. The summed E-state index contributed by atoms with van der Waals surface area (Å²) >= 11 is 7.11. The third kappa shape index (κ3) is 3.26. The Morgan fingerprint density at radius 1 is 1.54 bits per heavy atom. The average Bonchev–Trinajstić information content (AvgIpc) is 2.16. The number of rotatable bonds is 3. The van der Waals surface area contributed by atoms with Crippen molar-refractivity contribution in [2.24, 2.45) is 0 Å². The Kier molecular flexibility index (Phi) is 4.08. The number of carbonyl (C=O) groups is 1. The maximum Gasteiger partial charge on any atom is 0.253 e. The smallest absolute Gasteiger partial charge is 0.253 e. The van der Waals surface area contributed by atoms with E-state index >= 15 is 0 Å². The van der Waals surface area contributed by atoms with E-state index in [9.17, 15) is 4.79 Å². The number of hydroxylamine groups is 1. The van der Waals surface area contributed by atoms with Crippen molar-refractivity contribution in [3.63, 3.8) is 0 Å². The van der Waals surface area contributed by atoms with Gasteiger partial charge in [0.1, 0.15) is 0 Å². The van der Waals surface area contributed by atoms with E-state index in [1.807, 2.05) is 18.2 Å². The SMILES string of the molecule is O=C(CSc1ccccc1Cl)NO. The van der Waals surface area contributed by atoms with Crippen LogP contribution in [-0.4, -0.2) is 16.9 Å². The van der Waals surface area contributed by atoms with Crippen LogP contribution in [0.25, 0.3) is 0 Å². The quantitative estimate of drug-likeness (QED) is 0.462. The van der Waals surface area contributed by atoms with Gasteiger partial charge in [-0.1, -0.05) is 23.7 Å². The van der Waals surface area contributed by atoms with E-state index in [2.05, 4.69) is 0 Å². The van der Waals surface area contributed by atoms with Gasteiger partial charge in [0.15, 0.2) is 0 Å². The molecular formula is C8H8ClNO2S. The normalized spacial score (nSPS) is 9.69. The van der Waals surface area contributed by atoms with Crippen molar-refractivity contribution < 1.29 is 10.0 Å². The number of carbonyl (C=O) groups excluding carboxylic acids is 1. The molecular weight excluding hydrogens is 210 g/mol. The molecule has 2 N–H and O–H groups in total. The molecule has 0 saturated heterocycles. The summed E-state index contributed by atoms with van der Waals surface area (Å²) in [5, 5.41) is 8.85. The van der Waals surface area contributed by atoms with E-state index in [1.54, 1.807) is 11.5 Å². The van der Waals surface area contributed by atoms with Gasteiger partial charge in [-0.15, -0.1) is 11.8 Å². The molecule has 0 fully saturated rings. The Bertz CT molecular complexity index is 306. The number of benzene rings is 1. The van der Waals surface area contributed by atoms with Gasteiger partial charge >= 0.3 is 0 Å². The lowest BCUT2D eigenvalue weighted by molar-refractivity contribution is -0.126. The molecule has 0 bridgehead atoms. The Labute approximate surface area is 85.0 Å². The monoisotopic (exact) mass is 217 g/mol. The summed E-state index contributed by atoms with van der Waals surface area (Å²) in [7, 11) is 0. The van der Waals surface area contributed by atoms with Crippen molar-refractivity contribution in [2.75, 3.05) is 5.75 Å². The fourth-order valence-electron chi connectivity index (χ4n) is 0.737. The van der Waals surface area contributed by atoms with E-state index in [-0.39, 0.29) is 5.75 Å². The number of halogens is 1. The molecule has 1 aromatic carbocycles. The van der Waals surface area contributed by atoms with Crippen LogP contribution in [0.5, 0.6) is 0 Å². The maximum absolute atomic E-state index is 10.7. The Morgan fingerprint density at radius 2 is 2.23 bits per heavy atom. The van der Waals surface area contributed by atoms with Crippen molar-refractivity contribution in [1.29, 1.82) is 0 Å². The fourth-order valence-corrected chi connectivity index (χ4v) is 1.77. The van der Waals surface area contributed by atoms with E-state index in [0.717, 1.165) is 4.90 Å². The number of nitrogens with one attached hydrogen (secondary N) is 1. The molecule has 0 saturated carbocycles. The van der Waals surface area contributed by atoms with Gasteiger partial charge in [-0.3, -0.25) is 10.0 Å². The van der Waals surface area contributed by atoms with Crippen molar-refractivity contribution in [1.82, 2.24) is 5.48 Å². The van der Waals surface area contributed by atoms with Crippen LogP contribution in [0.4, 0.5) is 0 Å². The first kappa shape index (κ1) is 10.4. The second-order valence-corrected chi connectivity index (χ2v) is 3.68. The molecule has 70 valence electrons. The molecule has 0 unspecified atom stereocenters. The van der Waals surface area contributed by atoms with Crippen molar-refractivity contribution in [3.8, 4) is 0 Å². The molecule has 5 heteroatoms. The van der Waals surface area contributed by atoms with Gasteiger partial charge in [0.05, 0.1) is 10.8 Å². The Morgan fingerprint density at radius 3 is 2.85 bits per heavy atom. The molecule has 3 nitrogen and oxygen atoms in total. The topological polar surface area (TPSA) is 49.3 Å². The van der Waals surface area contributed by atoms with Crippen LogP contribution in [0, 0.1) is 0 Å². The van der Waals surface area contributed by atoms with Crippen LogP contribution in [-0.2, 0) is 4.79 Å². The van der Waals surface area contributed by atoms with Crippen LogP contribution in [0.1, 0.15) is 0 Å². The van der Waals surface area contributed by atoms with Crippen LogP contribution >= 0.6 is 23.4 Å². The molecule has 0 heterocycles. The summed E-state index contributed by atoms with van der Waals surface area (Å²) in [5.41, 5.74) is 1.55. The van der Waals surface area contributed by atoms with Gasteiger partial charge in [-0.2, -0.15) is 0 Å². The molecule has 0 aliphatic rings. The zero-order chi connectivity index (χ0) is 9.68. The van der Waals surface area contributed by atoms with Gasteiger partial charge in [0.25, 0.3) is 5.91 Å². The molecule has 0 aromatic heterocycles. The average molecular weight is 218 g/mol. The third-order valence-electron chi connectivity index (χ3n) is 1.32. The van der Waals surface area contributed by atoms with Crippen molar-refractivity contribution in [2.45, 2.75) is 4.90 Å². The zero-order valence-corrected chi connectivity index (χ0v) is 8.23. The second kappa shape index (κ2) is 5.11. The number of hydrogen-bond acceptors (Lipinski definition) is 3. The highest BCUT2D eigenvalue weighted by molar-refractivity contribution is 8.00. The summed E-state index contributed by atoms with van der Waals surface area (Å²) in [6, 6.07) is 7.22. The summed E-state index contributed by atoms with van der Waals surface area (Å²) in [4.78, 5) is 11.5. The van der Waals surface area contributed by atoms with Crippen LogP contribution in [0.2, 0.25) is 5.02 Å². The van der Waals surface area contributed by atoms with Gasteiger partial charge in [0, 0.05) is 4.90 Å². The highest BCUT2D eigenvalue weighted by Crippen LogP contribution is 2.25. The minimum absolute atomic E-state index is 0.153. The zero-order valence-electron chi connectivity index (χ0n) is 6.66. The summed E-state index contributed by atoms with van der Waals surface area (Å²) in [5.74, 6) is -0.287. The van der Waals surface area contributed by atoms with Crippen molar-refractivity contribution >= 4 is 29.3 Å². The predicted octanol–water partition coefficient (Wildman–Crippen LogP) is 1.94. The predicted molar refractivity (Wildman–Crippen MR) is 52.1 cm³/mol. The van der Waals surface area contributed by atoms with Crippen LogP contribution < -0.4 is 5.48 Å². The molecule has 0 spiro atoms.